The largest absolute Gasteiger partial charge is 0.425 e. The van der Waals surface area contributed by atoms with Crippen molar-refractivity contribution in [2.45, 2.75) is 26.2 Å². The molecule has 0 amide bonds. The third kappa shape index (κ3) is 2.01. The number of fused-ring (bicyclic) bond motifs is 1. The third-order valence-corrected chi connectivity index (χ3v) is 2.90. The highest BCUT2D eigenvalue weighted by molar-refractivity contribution is 5.80. The van der Waals surface area contributed by atoms with Crippen molar-refractivity contribution in [3.63, 3.8) is 0 Å². The summed E-state index contributed by atoms with van der Waals surface area (Å²) in [5.41, 5.74) is 2.23. The maximum absolute atomic E-state index is 5.60. The van der Waals surface area contributed by atoms with E-state index in [0.717, 1.165) is 11.2 Å². The molecule has 0 saturated heterocycles. The van der Waals surface area contributed by atoms with Gasteiger partial charge in [0.1, 0.15) is 0 Å². The molecule has 4 nitrogen and oxygen atoms in total. The Morgan fingerprint density at radius 3 is 2.78 bits per heavy atom. The zero-order valence-electron chi connectivity index (χ0n) is 10.5. The lowest BCUT2D eigenvalue weighted by Gasteiger charge is -1.94. The van der Waals surface area contributed by atoms with Crippen LogP contribution in [0.2, 0.25) is 0 Å². The minimum Gasteiger partial charge on any atom is -0.425 e. The third-order valence-electron chi connectivity index (χ3n) is 2.90. The Morgan fingerprint density at radius 1 is 1.22 bits per heavy atom. The van der Waals surface area contributed by atoms with Gasteiger partial charge in [0.15, 0.2) is 0 Å². The van der Waals surface area contributed by atoms with Crippen LogP contribution in [-0.2, 0) is 6.42 Å². The van der Waals surface area contributed by atoms with Crippen LogP contribution in [0, 0.1) is 0 Å². The summed E-state index contributed by atoms with van der Waals surface area (Å²) in [6.07, 6.45) is 0.647. The van der Waals surface area contributed by atoms with Crippen molar-refractivity contribution in [1.29, 1.82) is 0 Å². The molecule has 0 aliphatic rings. The van der Waals surface area contributed by atoms with Gasteiger partial charge in [-0.05, 0) is 17.5 Å². The summed E-state index contributed by atoms with van der Waals surface area (Å²) in [6.45, 7) is 4.08. The van der Waals surface area contributed by atoms with E-state index in [4.69, 9.17) is 4.42 Å². The summed E-state index contributed by atoms with van der Waals surface area (Å²) in [5.74, 6) is 1.63. The first kappa shape index (κ1) is 11.0. The fourth-order valence-corrected chi connectivity index (χ4v) is 1.96. The van der Waals surface area contributed by atoms with Gasteiger partial charge in [-0.15, -0.1) is 10.2 Å². The van der Waals surface area contributed by atoms with E-state index in [1.165, 1.54) is 5.39 Å². The van der Waals surface area contributed by atoms with Crippen molar-refractivity contribution < 1.29 is 4.42 Å². The lowest BCUT2D eigenvalue weighted by molar-refractivity contribution is 0.438. The fraction of sp³-hybridized carbons (Fsp3) is 0.286. The van der Waals surface area contributed by atoms with Gasteiger partial charge in [0.05, 0.1) is 6.42 Å². The molecule has 2 aromatic heterocycles. The monoisotopic (exact) mass is 241 g/mol. The Kier molecular flexibility index (Phi) is 2.63. The van der Waals surface area contributed by atoms with Crippen molar-refractivity contribution in [2.24, 2.45) is 0 Å². The second kappa shape index (κ2) is 4.29. The molecule has 18 heavy (non-hydrogen) atoms. The van der Waals surface area contributed by atoms with Gasteiger partial charge in [0.25, 0.3) is 0 Å². The molecule has 0 unspecified atom stereocenters. The van der Waals surface area contributed by atoms with Gasteiger partial charge in [0.2, 0.25) is 11.8 Å². The molecule has 0 aliphatic heterocycles. The van der Waals surface area contributed by atoms with Crippen molar-refractivity contribution in [3.05, 3.63) is 47.8 Å². The van der Waals surface area contributed by atoms with Crippen molar-refractivity contribution in [1.82, 2.24) is 15.2 Å². The number of hydrogen-bond acceptors (Lipinski definition) is 3. The normalized spacial score (nSPS) is 11.5. The highest BCUT2D eigenvalue weighted by Gasteiger charge is 2.11. The Bertz CT molecular complexity index is 633. The van der Waals surface area contributed by atoms with Crippen molar-refractivity contribution in [3.8, 4) is 0 Å². The van der Waals surface area contributed by atoms with Crippen LogP contribution in [-0.4, -0.2) is 15.2 Å². The first-order valence-electron chi connectivity index (χ1n) is 6.11. The summed E-state index contributed by atoms with van der Waals surface area (Å²) in [5, 5.41) is 9.31. The Morgan fingerprint density at radius 2 is 2.06 bits per heavy atom. The van der Waals surface area contributed by atoms with Gasteiger partial charge in [-0.3, -0.25) is 0 Å². The average molecular weight is 241 g/mol. The van der Waals surface area contributed by atoms with Crippen LogP contribution >= 0.6 is 0 Å². The zero-order chi connectivity index (χ0) is 12.5. The molecule has 3 rings (SSSR count). The Hall–Kier alpha value is -2.10. The van der Waals surface area contributed by atoms with Crippen LogP contribution in [0.5, 0.6) is 0 Å². The van der Waals surface area contributed by atoms with Crippen LogP contribution in [0.4, 0.5) is 0 Å². The predicted molar refractivity (Wildman–Crippen MR) is 69.5 cm³/mol. The average Bonchev–Trinajstić information content (AvgIpc) is 2.94. The number of aromatic nitrogens is 3. The van der Waals surface area contributed by atoms with E-state index in [9.17, 15) is 0 Å². The Labute approximate surface area is 105 Å². The highest BCUT2D eigenvalue weighted by Crippen LogP contribution is 2.18. The minimum atomic E-state index is 0.272. The number of aromatic amines is 1. The molecular weight excluding hydrogens is 226 g/mol. The highest BCUT2D eigenvalue weighted by atomic mass is 16.4. The molecule has 0 radical (unpaired) electrons. The summed E-state index contributed by atoms with van der Waals surface area (Å²) in [7, 11) is 0. The molecule has 0 saturated carbocycles. The predicted octanol–water partition coefficient (Wildman–Crippen LogP) is 3.27. The lowest BCUT2D eigenvalue weighted by atomic mass is 10.2. The Balaban J connectivity index is 1.86. The number of nitrogens with one attached hydrogen (secondary N) is 1. The fourth-order valence-electron chi connectivity index (χ4n) is 1.96. The van der Waals surface area contributed by atoms with Crippen LogP contribution in [0.1, 0.15) is 37.2 Å². The smallest absolute Gasteiger partial charge is 0.222 e. The molecule has 4 heteroatoms. The number of nitrogens with zero attached hydrogens (tertiary/aromatic N) is 2. The molecule has 0 bridgehead atoms. The molecule has 92 valence electrons. The van der Waals surface area contributed by atoms with E-state index >= 15 is 0 Å². The maximum atomic E-state index is 5.60. The van der Waals surface area contributed by atoms with Crippen molar-refractivity contribution >= 4 is 10.9 Å². The standard InChI is InChI=1S/C14H15N3O/c1-9(2)14-17-16-13(18-14)8-11-7-10-5-3-4-6-12(10)15-11/h3-7,9,15H,8H2,1-2H3. The molecule has 0 aliphatic carbocycles. The number of hydrogen-bond donors (Lipinski definition) is 1. The molecule has 0 fully saturated rings. The topological polar surface area (TPSA) is 54.7 Å². The van der Waals surface area contributed by atoms with Gasteiger partial charge in [-0.2, -0.15) is 0 Å². The van der Waals surface area contributed by atoms with E-state index in [1.807, 2.05) is 26.0 Å². The van der Waals surface area contributed by atoms with E-state index < -0.39 is 0 Å². The second-order valence-electron chi connectivity index (χ2n) is 4.75. The van der Waals surface area contributed by atoms with E-state index in [2.05, 4.69) is 33.4 Å². The van der Waals surface area contributed by atoms with Gasteiger partial charge < -0.3 is 9.40 Å². The van der Waals surface area contributed by atoms with E-state index in [1.54, 1.807) is 0 Å². The summed E-state index contributed by atoms with van der Waals surface area (Å²) in [6, 6.07) is 10.3. The van der Waals surface area contributed by atoms with E-state index in [-0.39, 0.29) is 5.92 Å². The summed E-state index contributed by atoms with van der Waals surface area (Å²) < 4.78 is 5.60. The zero-order valence-corrected chi connectivity index (χ0v) is 10.5. The minimum absolute atomic E-state index is 0.272. The SMILES string of the molecule is CC(C)c1nnc(Cc2cc3ccccc3[nH]2)o1. The van der Waals surface area contributed by atoms with E-state index in [0.29, 0.717) is 18.2 Å². The summed E-state index contributed by atoms with van der Waals surface area (Å²) in [4.78, 5) is 3.35. The van der Waals surface area contributed by atoms with Crippen molar-refractivity contribution in [2.75, 3.05) is 0 Å². The maximum Gasteiger partial charge on any atom is 0.222 e. The molecular formula is C14H15N3O. The number of H-pyrrole nitrogens is 1. The number of benzene rings is 1. The van der Waals surface area contributed by atoms with Gasteiger partial charge >= 0.3 is 0 Å². The first-order chi connectivity index (χ1) is 8.72. The summed E-state index contributed by atoms with van der Waals surface area (Å²) >= 11 is 0. The van der Waals surface area contributed by atoms with Crippen LogP contribution < -0.4 is 0 Å². The quantitative estimate of drug-likeness (QED) is 0.765. The first-order valence-corrected chi connectivity index (χ1v) is 6.11. The molecule has 1 aromatic carbocycles. The molecule has 2 heterocycles. The molecule has 3 aromatic rings. The van der Waals surface area contributed by atoms with Gasteiger partial charge in [-0.1, -0.05) is 32.0 Å². The van der Waals surface area contributed by atoms with Gasteiger partial charge in [0, 0.05) is 17.1 Å². The molecule has 1 N–H and O–H groups in total. The van der Waals surface area contributed by atoms with Gasteiger partial charge in [-0.25, -0.2) is 0 Å². The van der Waals surface area contributed by atoms with Crippen LogP contribution in [0.25, 0.3) is 10.9 Å². The van der Waals surface area contributed by atoms with Crippen LogP contribution in [0.15, 0.2) is 34.7 Å². The number of para-hydroxylation sites is 1. The van der Waals surface area contributed by atoms with Crippen LogP contribution in [0.3, 0.4) is 0 Å². The molecule has 0 spiro atoms. The second-order valence-corrected chi connectivity index (χ2v) is 4.75. The lowest BCUT2D eigenvalue weighted by Crippen LogP contribution is -1.87. The number of rotatable bonds is 3. The molecule has 0 atom stereocenters.